The van der Waals surface area contributed by atoms with Crippen LogP contribution < -0.4 is 5.73 Å². The summed E-state index contributed by atoms with van der Waals surface area (Å²) >= 11 is 1.13. The van der Waals surface area contributed by atoms with Crippen molar-refractivity contribution in [1.82, 2.24) is 0 Å². The molecule has 1 rings (SSSR count). The summed E-state index contributed by atoms with van der Waals surface area (Å²) in [4.78, 5) is 9.95. The van der Waals surface area contributed by atoms with Crippen molar-refractivity contribution >= 4 is 22.4 Å². The number of hydrogen-bond donors (Lipinski definition) is 1. The maximum Gasteiger partial charge on any atom is 0.324 e. The molecule has 0 unspecified atom stereocenters. The highest BCUT2D eigenvalue weighted by Gasteiger charge is 2.07. The summed E-state index contributed by atoms with van der Waals surface area (Å²) in [5.74, 6) is 0. The van der Waals surface area contributed by atoms with Crippen molar-refractivity contribution in [3.63, 3.8) is 0 Å². The van der Waals surface area contributed by atoms with E-state index in [4.69, 9.17) is 5.73 Å². The van der Waals surface area contributed by atoms with Crippen LogP contribution in [0, 0.1) is 10.1 Å². The van der Waals surface area contributed by atoms with Gasteiger partial charge >= 0.3 is 5.00 Å². The second kappa shape index (κ2) is 4.15. The zero-order chi connectivity index (χ0) is 9.84. The van der Waals surface area contributed by atoms with Gasteiger partial charge < -0.3 is 5.73 Å². The maximum absolute atomic E-state index is 10.3. The molecule has 1 aromatic heterocycles. The zero-order valence-corrected chi connectivity index (χ0v) is 8.00. The smallest absolute Gasteiger partial charge is 0.324 e. The Morgan fingerprint density at radius 3 is 3.00 bits per heavy atom. The Labute approximate surface area is 79.8 Å². The van der Waals surface area contributed by atoms with E-state index in [1.165, 1.54) is 0 Å². The molecule has 0 aliphatic carbocycles. The standard InChI is InChI=1S/C8H10N2O2S/c1-6(4-9)2-7-3-8(10(11)12)13-5-7/h2-3,5H,4,9H2,1H3. The summed E-state index contributed by atoms with van der Waals surface area (Å²) in [6.45, 7) is 2.37. The van der Waals surface area contributed by atoms with Crippen LogP contribution >= 0.6 is 11.3 Å². The molecular weight excluding hydrogens is 188 g/mol. The Bertz CT molecular complexity index is 344. The van der Waals surface area contributed by atoms with Gasteiger partial charge in [-0.25, -0.2) is 0 Å². The molecule has 0 spiro atoms. The summed E-state index contributed by atoms with van der Waals surface area (Å²) < 4.78 is 0. The lowest BCUT2D eigenvalue weighted by atomic mass is 10.2. The van der Waals surface area contributed by atoms with E-state index in [2.05, 4.69) is 0 Å². The van der Waals surface area contributed by atoms with E-state index >= 15 is 0 Å². The van der Waals surface area contributed by atoms with Crippen LogP contribution in [0.3, 0.4) is 0 Å². The first kappa shape index (κ1) is 9.88. The van der Waals surface area contributed by atoms with Crippen molar-refractivity contribution in [3.8, 4) is 0 Å². The molecule has 0 saturated carbocycles. The van der Waals surface area contributed by atoms with Crippen LogP contribution in [0.4, 0.5) is 5.00 Å². The predicted molar refractivity (Wildman–Crippen MR) is 53.7 cm³/mol. The minimum atomic E-state index is -0.389. The fraction of sp³-hybridized carbons (Fsp3) is 0.250. The van der Waals surface area contributed by atoms with E-state index in [0.717, 1.165) is 22.5 Å². The lowest BCUT2D eigenvalue weighted by molar-refractivity contribution is -0.380. The van der Waals surface area contributed by atoms with Crippen LogP contribution in [0.25, 0.3) is 6.08 Å². The molecule has 0 aliphatic heterocycles. The lowest BCUT2D eigenvalue weighted by Crippen LogP contribution is -1.98. The van der Waals surface area contributed by atoms with Gasteiger partial charge in [-0.1, -0.05) is 23.0 Å². The lowest BCUT2D eigenvalue weighted by Gasteiger charge is -1.91. The number of nitrogens with zero attached hydrogens (tertiary/aromatic N) is 1. The molecule has 13 heavy (non-hydrogen) atoms. The van der Waals surface area contributed by atoms with Gasteiger partial charge in [0.25, 0.3) is 0 Å². The Hall–Kier alpha value is -1.20. The van der Waals surface area contributed by atoms with Crippen molar-refractivity contribution in [2.24, 2.45) is 5.73 Å². The second-order valence-electron chi connectivity index (χ2n) is 2.67. The molecule has 0 aliphatic rings. The summed E-state index contributed by atoms with van der Waals surface area (Å²) in [6, 6.07) is 1.55. The maximum atomic E-state index is 10.3. The van der Waals surface area contributed by atoms with Gasteiger partial charge in [-0.3, -0.25) is 10.1 Å². The molecular formula is C8H10N2O2S. The third-order valence-corrected chi connectivity index (χ3v) is 2.42. The topological polar surface area (TPSA) is 69.2 Å². The molecule has 1 aromatic rings. The largest absolute Gasteiger partial charge is 0.327 e. The number of nitrogens with two attached hydrogens (primary N) is 1. The minimum absolute atomic E-state index is 0.163. The van der Waals surface area contributed by atoms with Gasteiger partial charge in [-0.2, -0.15) is 0 Å². The molecule has 1 heterocycles. The van der Waals surface area contributed by atoms with Gasteiger partial charge in [0.15, 0.2) is 0 Å². The zero-order valence-electron chi connectivity index (χ0n) is 7.19. The molecule has 4 nitrogen and oxygen atoms in total. The van der Waals surface area contributed by atoms with Crippen LogP contribution in [-0.2, 0) is 0 Å². The van der Waals surface area contributed by atoms with Crippen LogP contribution in [0.5, 0.6) is 0 Å². The average molecular weight is 198 g/mol. The molecule has 70 valence electrons. The minimum Gasteiger partial charge on any atom is -0.327 e. The molecule has 5 heteroatoms. The Balaban J connectivity index is 2.86. The average Bonchev–Trinajstić information content (AvgIpc) is 2.52. The van der Waals surface area contributed by atoms with E-state index in [0.29, 0.717) is 6.54 Å². The first-order valence-electron chi connectivity index (χ1n) is 3.73. The van der Waals surface area contributed by atoms with Crippen molar-refractivity contribution in [2.75, 3.05) is 6.54 Å². The van der Waals surface area contributed by atoms with E-state index in [1.54, 1.807) is 11.4 Å². The Morgan fingerprint density at radius 1 is 1.85 bits per heavy atom. The Kier molecular flexibility index (Phi) is 3.16. The molecule has 0 fully saturated rings. The predicted octanol–water partition coefficient (Wildman–Crippen LogP) is 2.02. The monoisotopic (exact) mass is 198 g/mol. The van der Waals surface area contributed by atoms with Gasteiger partial charge in [0.2, 0.25) is 0 Å². The molecule has 0 bridgehead atoms. The van der Waals surface area contributed by atoms with Gasteiger partial charge in [0, 0.05) is 18.0 Å². The molecule has 0 amide bonds. The van der Waals surface area contributed by atoms with Crippen molar-refractivity contribution < 1.29 is 4.92 Å². The Morgan fingerprint density at radius 2 is 2.54 bits per heavy atom. The first-order valence-corrected chi connectivity index (χ1v) is 4.61. The summed E-state index contributed by atoms with van der Waals surface area (Å²) in [5.41, 5.74) is 7.24. The fourth-order valence-corrected chi connectivity index (χ4v) is 1.54. The number of nitro groups is 1. The van der Waals surface area contributed by atoms with Crippen LogP contribution in [0.1, 0.15) is 12.5 Å². The van der Waals surface area contributed by atoms with E-state index in [-0.39, 0.29) is 9.92 Å². The van der Waals surface area contributed by atoms with Crippen LogP contribution in [0.15, 0.2) is 17.0 Å². The first-order chi connectivity index (χ1) is 6.13. The van der Waals surface area contributed by atoms with Crippen molar-refractivity contribution in [2.45, 2.75) is 6.92 Å². The van der Waals surface area contributed by atoms with E-state index < -0.39 is 0 Å². The van der Waals surface area contributed by atoms with Gasteiger partial charge in [0.1, 0.15) is 0 Å². The molecule has 0 atom stereocenters. The molecule has 0 saturated heterocycles. The van der Waals surface area contributed by atoms with Gasteiger partial charge in [-0.05, 0) is 12.5 Å². The number of thiophene rings is 1. The van der Waals surface area contributed by atoms with E-state index in [1.807, 2.05) is 13.0 Å². The highest BCUT2D eigenvalue weighted by atomic mass is 32.1. The SMILES string of the molecule is CC(=Cc1csc([N+](=O)[O-])c1)CN. The summed E-state index contributed by atoms with van der Waals surface area (Å²) in [5, 5.41) is 12.3. The normalized spacial score (nSPS) is 11.7. The number of rotatable bonds is 3. The van der Waals surface area contributed by atoms with Crippen molar-refractivity contribution in [1.29, 1.82) is 0 Å². The van der Waals surface area contributed by atoms with Crippen LogP contribution in [-0.4, -0.2) is 11.5 Å². The summed E-state index contributed by atoms with van der Waals surface area (Å²) in [7, 11) is 0. The van der Waals surface area contributed by atoms with Crippen LogP contribution in [0.2, 0.25) is 0 Å². The van der Waals surface area contributed by atoms with Crippen molar-refractivity contribution in [3.05, 3.63) is 32.7 Å². The highest BCUT2D eigenvalue weighted by Crippen LogP contribution is 2.23. The van der Waals surface area contributed by atoms with E-state index in [9.17, 15) is 10.1 Å². The molecule has 0 aromatic carbocycles. The quantitative estimate of drug-likeness (QED) is 0.596. The second-order valence-corrected chi connectivity index (χ2v) is 3.56. The third-order valence-electron chi connectivity index (χ3n) is 1.52. The fourth-order valence-electron chi connectivity index (χ4n) is 0.854. The van der Waals surface area contributed by atoms with Gasteiger partial charge in [-0.15, -0.1) is 0 Å². The van der Waals surface area contributed by atoms with Gasteiger partial charge in [0.05, 0.1) is 4.92 Å². The third kappa shape index (κ3) is 2.64. The molecule has 2 N–H and O–H groups in total. The highest BCUT2D eigenvalue weighted by molar-refractivity contribution is 7.13. The number of hydrogen-bond acceptors (Lipinski definition) is 4. The molecule has 0 radical (unpaired) electrons. The summed E-state index contributed by atoms with van der Waals surface area (Å²) in [6.07, 6.45) is 1.85.